The molecular weight excluding hydrogens is 556 g/mol. The van der Waals surface area contributed by atoms with Crippen molar-refractivity contribution in [2.24, 2.45) is 11.3 Å². The second-order valence-electron chi connectivity index (χ2n) is 14.7. The summed E-state index contributed by atoms with van der Waals surface area (Å²) in [6, 6.07) is 27.3. The quantitative estimate of drug-likeness (QED) is 0.186. The lowest BCUT2D eigenvalue weighted by molar-refractivity contribution is 0.127. The highest BCUT2D eigenvalue weighted by Crippen LogP contribution is 2.54. The SMILES string of the molecule is CC1CC(C)(C)CC(c2ccc(O)cc2)(c2ccc(O)cc2)C1.Cc1cc(C2(c3ccc(O)c(C)c3)CCCCC2)ccc1O. The van der Waals surface area contributed by atoms with Crippen LogP contribution in [-0.2, 0) is 10.8 Å². The van der Waals surface area contributed by atoms with E-state index in [1.807, 2.05) is 26.0 Å². The van der Waals surface area contributed by atoms with E-state index in [2.05, 4.69) is 69.3 Å². The Morgan fingerprint density at radius 2 is 0.956 bits per heavy atom. The number of hydrogen-bond acceptors (Lipinski definition) is 4. The third kappa shape index (κ3) is 6.85. The van der Waals surface area contributed by atoms with Crippen molar-refractivity contribution >= 4 is 0 Å². The molecule has 0 aromatic heterocycles. The van der Waals surface area contributed by atoms with Crippen molar-refractivity contribution in [3.8, 4) is 23.0 Å². The summed E-state index contributed by atoms with van der Waals surface area (Å²) in [6.07, 6.45) is 9.37. The van der Waals surface area contributed by atoms with Gasteiger partial charge in [0.25, 0.3) is 0 Å². The summed E-state index contributed by atoms with van der Waals surface area (Å²) in [4.78, 5) is 0. The molecule has 0 saturated heterocycles. The van der Waals surface area contributed by atoms with Crippen LogP contribution in [-0.4, -0.2) is 20.4 Å². The molecule has 4 aromatic rings. The number of aromatic hydroxyl groups is 4. The molecule has 4 nitrogen and oxygen atoms in total. The summed E-state index contributed by atoms with van der Waals surface area (Å²) in [6.45, 7) is 10.9. The zero-order valence-corrected chi connectivity index (χ0v) is 27.6. The number of rotatable bonds is 4. The largest absolute Gasteiger partial charge is 0.508 e. The van der Waals surface area contributed by atoms with Crippen LogP contribution < -0.4 is 0 Å². The van der Waals surface area contributed by atoms with Gasteiger partial charge in [0.05, 0.1) is 0 Å². The van der Waals surface area contributed by atoms with Gasteiger partial charge in [0, 0.05) is 10.8 Å². The van der Waals surface area contributed by atoms with Crippen LogP contribution >= 0.6 is 0 Å². The van der Waals surface area contributed by atoms with Gasteiger partial charge in [-0.05, 0) is 127 Å². The predicted octanol–water partition coefficient (Wildman–Crippen LogP) is 10.2. The summed E-state index contributed by atoms with van der Waals surface area (Å²) in [5, 5.41) is 39.0. The highest BCUT2D eigenvalue weighted by molar-refractivity contribution is 5.48. The summed E-state index contributed by atoms with van der Waals surface area (Å²) in [5.74, 6) is 1.95. The van der Waals surface area contributed by atoms with E-state index >= 15 is 0 Å². The molecule has 2 aliphatic carbocycles. The van der Waals surface area contributed by atoms with Crippen LogP contribution in [0.3, 0.4) is 0 Å². The molecule has 0 heterocycles. The van der Waals surface area contributed by atoms with Crippen molar-refractivity contribution in [2.45, 2.75) is 96.8 Å². The molecule has 1 atom stereocenters. The molecular formula is C41H50O4. The first kappa shape index (κ1) is 32.5. The van der Waals surface area contributed by atoms with Crippen LogP contribution in [0.4, 0.5) is 0 Å². The van der Waals surface area contributed by atoms with Crippen LogP contribution in [0.5, 0.6) is 23.0 Å². The smallest absolute Gasteiger partial charge is 0.118 e. The van der Waals surface area contributed by atoms with Crippen molar-refractivity contribution in [3.05, 3.63) is 118 Å². The molecule has 1 unspecified atom stereocenters. The third-order valence-electron chi connectivity index (χ3n) is 10.4. The van der Waals surface area contributed by atoms with E-state index in [-0.39, 0.29) is 16.2 Å². The van der Waals surface area contributed by atoms with Gasteiger partial charge in [-0.25, -0.2) is 0 Å². The number of phenolic OH excluding ortho intramolecular Hbond substituents is 4. The maximum absolute atomic E-state index is 9.84. The molecule has 2 fully saturated rings. The van der Waals surface area contributed by atoms with Gasteiger partial charge in [0.2, 0.25) is 0 Å². The van der Waals surface area contributed by atoms with Crippen molar-refractivity contribution < 1.29 is 20.4 Å². The van der Waals surface area contributed by atoms with E-state index in [4.69, 9.17) is 0 Å². The fourth-order valence-corrected chi connectivity index (χ4v) is 8.54. The first-order valence-corrected chi connectivity index (χ1v) is 16.5. The Bertz CT molecular complexity index is 1500. The molecule has 0 radical (unpaired) electrons. The van der Waals surface area contributed by atoms with Gasteiger partial charge in [0.1, 0.15) is 23.0 Å². The molecule has 4 heteroatoms. The number of aryl methyl sites for hydroxylation is 2. The maximum atomic E-state index is 9.84. The average molecular weight is 607 g/mol. The molecule has 0 amide bonds. The first-order chi connectivity index (χ1) is 21.3. The minimum atomic E-state index is -0.0669. The first-order valence-electron chi connectivity index (χ1n) is 16.5. The van der Waals surface area contributed by atoms with Gasteiger partial charge in [-0.3, -0.25) is 0 Å². The Morgan fingerprint density at radius 1 is 0.533 bits per heavy atom. The normalized spacial score (nSPS) is 20.1. The Morgan fingerprint density at radius 3 is 1.36 bits per heavy atom. The molecule has 4 aromatic carbocycles. The molecule has 2 aliphatic rings. The molecule has 0 bridgehead atoms. The molecule has 238 valence electrons. The second-order valence-corrected chi connectivity index (χ2v) is 14.7. The highest BCUT2D eigenvalue weighted by atomic mass is 16.3. The minimum Gasteiger partial charge on any atom is -0.508 e. The number of phenols is 4. The summed E-state index contributed by atoms with van der Waals surface area (Å²) >= 11 is 0. The lowest BCUT2D eigenvalue weighted by Crippen LogP contribution is -2.41. The van der Waals surface area contributed by atoms with E-state index in [0.717, 1.165) is 36.8 Å². The average Bonchev–Trinajstić information content (AvgIpc) is 3.00. The monoisotopic (exact) mass is 606 g/mol. The van der Waals surface area contributed by atoms with Gasteiger partial charge in [-0.1, -0.05) is 88.6 Å². The summed E-state index contributed by atoms with van der Waals surface area (Å²) in [7, 11) is 0. The van der Waals surface area contributed by atoms with Gasteiger partial charge >= 0.3 is 0 Å². The van der Waals surface area contributed by atoms with Crippen molar-refractivity contribution in [3.63, 3.8) is 0 Å². The summed E-state index contributed by atoms with van der Waals surface area (Å²) in [5.41, 5.74) is 7.13. The van der Waals surface area contributed by atoms with Crippen LogP contribution in [0.1, 0.15) is 106 Å². The Labute approximate surface area is 269 Å². The van der Waals surface area contributed by atoms with Crippen molar-refractivity contribution in [2.75, 3.05) is 0 Å². The van der Waals surface area contributed by atoms with E-state index < -0.39 is 0 Å². The van der Waals surface area contributed by atoms with Gasteiger partial charge < -0.3 is 20.4 Å². The van der Waals surface area contributed by atoms with E-state index in [0.29, 0.717) is 28.9 Å². The Hall–Kier alpha value is -3.92. The zero-order chi connectivity index (χ0) is 32.4. The lowest BCUT2D eigenvalue weighted by Gasteiger charge is -2.48. The van der Waals surface area contributed by atoms with Crippen LogP contribution in [0, 0.1) is 25.2 Å². The standard InChI is InChI=1S/C21H26O2.C20H24O2/c1-15-12-20(2,3)14-21(13-15,16-4-8-18(22)9-5-16)17-6-10-19(23)11-7-17;1-14-12-16(6-8-18(14)21)20(10-4-3-5-11-20)17-7-9-19(22)15(2)13-17/h4-11,15,22-23H,12-14H2,1-3H3;6-9,12-13,21-22H,3-5,10-11H2,1-2H3. The second kappa shape index (κ2) is 12.8. The molecule has 45 heavy (non-hydrogen) atoms. The topological polar surface area (TPSA) is 80.9 Å². The van der Waals surface area contributed by atoms with Crippen molar-refractivity contribution in [1.29, 1.82) is 0 Å². The summed E-state index contributed by atoms with van der Waals surface area (Å²) < 4.78 is 0. The maximum Gasteiger partial charge on any atom is 0.118 e. The molecule has 4 N–H and O–H groups in total. The fraction of sp³-hybridized carbons (Fsp3) is 0.415. The zero-order valence-electron chi connectivity index (χ0n) is 27.6. The molecule has 6 rings (SSSR count). The van der Waals surface area contributed by atoms with Gasteiger partial charge in [0.15, 0.2) is 0 Å². The van der Waals surface area contributed by atoms with Gasteiger partial charge in [-0.15, -0.1) is 0 Å². The molecule has 0 aliphatic heterocycles. The number of benzene rings is 4. The Kier molecular flexibility index (Phi) is 9.26. The fourth-order valence-electron chi connectivity index (χ4n) is 8.54. The minimum absolute atomic E-state index is 0.00910. The third-order valence-corrected chi connectivity index (χ3v) is 10.4. The van der Waals surface area contributed by atoms with E-state index in [1.54, 1.807) is 24.3 Å². The van der Waals surface area contributed by atoms with E-state index in [9.17, 15) is 20.4 Å². The van der Waals surface area contributed by atoms with Crippen LogP contribution in [0.2, 0.25) is 0 Å². The number of hydrogen-bond donors (Lipinski definition) is 4. The van der Waals surface area contributed by atoms with Crippen LogP contribution in [0.15, 0.2) is 84.9 Å². The van der Waals surface area contributed by atoms with Crippen LogP contribution in [0.25, 0.3) is 0 Å². The lowest BCUT2D eigenvalue weighted by atomic mass is 9.55. The van der Waals surface area contributed by atoms with Crippen molar-refractivity contribution in [1.82, 2.24) is 0 Å². The molecule has 0 spiro atoms. The highest BCUT2D eigenvalue weighted by Gasteiger charge is 2.45. The van der Waals surface area contributed by atoms with Gasteiger partial charge in [-0.2, -0.15) is 0 Å². The Balaban J connectivity index is 0.000000178. The van der Waals surface area contributed by atoms with E-state index in [1.165, 1.54) is 47.9 Å². The molecule has 2 saturated carbocycles. The predicted molar refractivity (Wildman–Crippen MR) is 183 cm³/mol.